The van der Waals surface area contributed by atoms with Crippen molar-refractivity contribution in [3.63, 3.8) is 0 Å². The van der Waals surface area contributed by atoms with E-state index in [-0.39, 0.29) is 5.41 Å². The van der Waals surface area contributed by atoms with Crippen LogP contribution < -0.4 is 0 Å². The van der Waals surface area contributed by atoms with Crippen LogP contribution in [0.5, 0.6) is 0 Å². The van der Waals surface area contributed by atoms with Crippen LogP contribution >= 0.6 is 158 Å². The Hall–Kier alpha value is -0.865. The van der Waals surface area contributed by atoms with Gasteiger partial charge in [-0.3, -0.25) is 9.97 Å². The fourth-order valence-electron chi connectivity index (χ4n) is 7.62. The molecule has 0 saturated heterocycles. The topological polar surface area (TPSA) is 33.7 Å². The van der Waals surface area contributed by atoms with Gasteiger partial charge in [-0.15, -0.1) is 22.7 Å². The smallest absolute Gasteiger partial charge is 0.389 e. The predicted molar refractivity (Wildman–Crippen MR) is 292 cm³/mol. The zero-order chi connectivity index (χ0) is 41.4. The molecule has 0 radical (unpaired) electrons. The molecule has 2 aliphatic rings. The molecule has 5 aromatic heterocycles. The number of hydrogen-bond acceptors (Lipinski definition) is 4. The van der Waals surface area contributed by atoms with Gasteiger partial charge < -0.3 is 17.6 Å². The first-order valence-electron chi connectivity index (χ1n) is 18.0. The van der Waals surface area contributed by atoms with Crippen LogP contribution in [0, 0.1) is 27.0 Å². The van der Waals surface area contributed by atoms with E-state index in [4.69, 9.17) is 0 Å². The number of thiophene rings is 2. The summed E-state index contributed by atoms with van der Waals surface area (Å²) < 4.78 is 46.9. The van der Waals surface area contributed by atoms with Gasteiger partial charge in [-0.1, -0.05) is 51.1 Å². The maximum Gasteiger partial charge on any atom is 0.737 e. The van der Waals surface area contributed by atoms with Crippen molar-refractivity contribution in [3.05, 3.63) is 155 Å². The van der Waals surface area contributed by atoms with Gasteiger partial charge in [0.05, 0.1) is 33.8 Å². The average molecular weight is 1480 g/mol. The molecule has 0 N–H and O–H groups in total. The zero-order valence-electron chi connectivity index (χ0n) is 31.4. The normalized spacial score (nSPS) is 15.5. The highest BCUT2D eigenvalue weighted by Gasteiger charge is 2.58. The lowest BCUT2D eigenvalue weighted by Crippen LogP contribution is -2.51. The summed E-state index contributed by atoms with van der Waals surface area (Å²) in [5.74, 6) is 0. The molecule has 0 bridgehead atoms. The first kappa shape index (κ1) is 43.8. The number of nitrogens with zero attached hydrogens (tertiary/aromatic N) is 4. The monoisotopic (exact) mass is 1480 g/mol. The second-order valence-electron chi connectivity index (χ2n) is 14.9. The van der Waals surface area contributed by atoms with E-state index in [2.05, 4.69) is 191 Å². The van der Waals surface area contributed by atoms with Crippen LogP contribution in [0.3, 0.4) is 0 Å². The molecule has 15 heteroatoms. The third-order valence-electron chi connectivity index (χ3n) is 10.4. The van der Waals surface area contributed by atoms with E-state index in [9.17, 15) is 0 Å². The second kappa shape index (κ2) is 17.0. The fraction of sp³-hybridized carbons (Fsp3) is 0.140. The number of rotatable bonds is 7. The number of hydrogen-bond donors (Lipinski definition) is 0. The summed E-state index contributed by atoms with van der Waals surface area (Å²) in [5, 5.41) is 0. The highest BCUT2D eigenvalue weighted by atomic mass is 127. The summed E-state index contributed by atoms with van der Waals surface area (Å²) in [7, 11) is 0. The van der Waals surface area contributed by atoms with Crippen molar-refractivity contribution in [3.8, 4) is 10.4 Å². The Morgan fingerprint density at radius 1 is 0.672 bits per heavy atom. The van der Waals surface area contributed by atoms with Crippen molar-refractivity contribution in [2.24, 2.45) is 0 Å². The number of halogens is 8. The molecular weight excluding hydrogens is 1450 g/mol. The van der Waals surface area contributed by atoms with Crippen molar-refractivity contribution in [2.45, 2.75) is 40.0 Å². The number of fused-ring (bicyclic) bond motifs is 2. The molecule has 0 spiro atoms. The molecule has 7 heterocycles. The first-order chi connectivity index (χ1) is 27.5. The Morgan fingerprint density at radius 2 is 1.19 bits per heavy atom. The summed E-state index contributed by atoms with van der Waals surface area (Å²) in [6.07, 6.45) is 14.5. The molecule has 0 saturated carbocycles. The van der Waals surface area contributed by atoms with Crippen LogP contribution in [-0.2, 0) is 5.41 Å². The van der Waals surface area contributed by atoms with Gasteiger partial charge in [0.25, 0.3) is 0 Å². The number of pyridine rings is 2. The molecule has 6 aromatic rings. The molecule has 4 nitrogen and oxygen atoms in total. The molecular formula is C43H31BF2I6N4S2. The second-order valence-corrected chi connectivity index (χ2v) is 24.9. The Morgan fingerprint density at radius 3 is 1.69 bits per heavy atom. The molecule has 0 unspecified atom stereocenters. The predicted octanol–water partition coefficient (Wildman–Crippen LogP) is 15.1. The third-order valence-corrected chi connectivity index (χ3v) is 24.7. The van der Waals surface area contributed by atoms with E-state index >= 15 is 8.63 Å². The van der Waals surface area contributed by atoms with Gasteiger partial charge >= 0.3 is 6.97 Å². The summed E-state index contributed by atoms with van der Waals surface area (Å²) >= 11 is 17.6. The Bertz CT molecular complexity index is 2810. The minimum absolute atomic E-state index is 0.0807. The molecule has 1 aromatic carbocycles. The lowest BCUT2D eigenvalue weighted by Gasteiger charge is -2.34. The maximum atomic E-state index is 18.7. The van der Waals surface area contributed by atoms with Gasteiger partial charge in [0.2, 0.25) is 0 Å². The fourth-order valence-corrected chi connectivity index (χ4v) is 16.0. The first-order valence-corrected chi connectivity index (χ1v) is 26.1. The van der Waals surface area contributed by atoms with Crippen molar-refractivity contribution in [2.75, 3.05) is 0 Å². The summed E-state index contributed by atoms with van der Waals surface area (Å²) in [6, 6.07) is 16.1. The molecule has 2 aliphatic heterocycles. The van der Waals surface area contributed by atoms with E-state index in [0.717, 1.165) is 74.3 Å². The lowest BCUT2D eigenvalue weighted by molar-refractivity contribution is -0.361. The Kier molecular flexibility index (Phi) is 12.8. The van der Waals surface area contributed by atoms with Crippen molar-refractivity contribution in [1.82, 2.24) is 14.4 Å². The van der Waals surface area contributed by atoms with Gasteiger partial charge in [0, 0.05) is 60.5 Å². The molecule has 294 valence electrons. The lowest BCUT2D eigenvalue weighted by atomic mass is 9.82. The summed E-state index contributed by atoms with van der Waals surface area (Å²) in [6.45, 7) is 6.15. The van der Waals surface area contributed by atoms with Gasteiger partial charge in [-0.25, -0.2) is 0 Å². The van der Waals surface area contributed by atoms with E-state index in [1.54, 1.807) is 47.5 Å². The summed E-state index contributed by atoms with van der Waals surface area (Å²) in [5.41, 5.74) is 9.90. The molecule has 8 rings (SSSR count). The molecule has 0 fully saturated rings. The van der Waals surface area contributed by atoms with E-state index in [1.165, 1.54) is 14.5 Å². The Labute approximate surface area is 426 Å². The van der Waals surface area contributed by atoms with Crippen LogP contribution in [0.4, 0.5) is 8.63 Å². The van der Waals surface area contributed by atoms with Crippen LogP contribution in [-0.4, -0.2) is 31.6 Å². The molecule has 58 heavy (non-hydrogen) atoms. The standard InChI is InChI=1S/C43H31BF2I6N4S2/c1-22-30(39-33(47)35(49)41(51)57-39)28(12-6-24-14-18-53-19-15-24)55-37(22)32(26-8-10-27(11-9-26)43(3,4)5)38-23(2)31(40-34(48)36(50)42(52)58-40)29(56(38)44(55,45)46)13-7-25-16-20-54-21-17-25/h6-21H,1-5H3/b12-6+,13-7+. The van der Waals surface area contributed by atoms with E-state index < -0.39 is 6.97 Å². The van der Waals surface area contributed by atoms with Crippen LogP contribution in [0.1, 0.15) is 71.8 Å². The van der Waals surface area contributed by atoms with Gasteiger partial charge in [-0.2, -0.15) is 0 Å². The summed E-state index contributed by atoms with van der Waals surface area (Å²) in [4.78, 5) is 10.4. The van der Waals surface area contributed by atoms with Crippen LogP contribution in [0.2, 0.25) is 0 Å². The van der Waals surface area contributed by atoms with Gasteiger partial charge in [0.1, 0.15) is 0 Å². The number of benzene rings is 1. The highest BCUT2D eigenvalue weighted by molar-refractivity contribution is 14.1. The van der Waals surface area contributed by atoms with Crippen molar-refractivity contribution >= 4 is 200 Å². The minimum Gasteiger partial charge on any atom is -0.389 e. The molecule has 0 atom stereocenters. The highest BCUT2D eigenvalue weighted by Crippen LogP contribution is 2.53. The molecule has 0 aliphatic carbocycles. The van der Waals surface area contributed by atoms with Crippen molar-refractivity contribution < 1.29 is 13.1 Å². The maximum absolute atomic E-state index is 18.7. The van der Waals surface area contributed by atoms with E-state index in [0.29, 0.717) is 22.8 Å². The molecule has 0 amide bonds. The van der Waals surface area contributed by atoms with Crippen LogP contribution in [0.15, 0.2) is 90.7 Å². The average Bonchev–Trinajstić information content (AvgIpc) is 3.84. The van der Waals surface area contributed by atoms with Gasteiger partial charge in [0.15, 0.2) is 11.4 Å². The minimum atomic E-state index is -4.49. The number of allylic oxidation sites excluding steroid dienone is 3. The third kappa shape index (κ3) is 7.67. The Balaban J connectivity index is 1.55. The largest absolute Gasteiger partial charge is 0.737 e. The zero-order valence-corrected chi connectivity index (χ0v) is 46.0. The van der Waals surface area contributed by atoms with E-state index in [1.807, 2.05) is 62.4 Å². The SMILES string of the molecule is CC1=C(c2sc(I)c(I)c2I)C(/C=C/c2ccncc2)=[N+]2C1=C(c1ccc(C(C)(C)C)cc1)c1c(C)c(-c3sc(I)c(I)c3I)c(/C=C/c3ccncc3)n1[B-]2(F)F. The van der Waals surface area contributed by atoms with Gasteiger partial charge in [-0.05, 0) is 219 Å². The number of aromatic nitrogens is 3. The van der Waals surface area contributed by atoms with Crippen LogP contribution in [0.25, 0.3) is 39.8 Å². The quantitative estimate of drug-likeness (QED) is 0.118. The van der Waals surface area contributed by atoms with Crippen molar-refractivity contribution in [1.29, 1.82) is 0 Å².